The molecule has 2 N–H and O–H groups in total. The molecule has 0 unspecified atom stereocenters. The van der Waals surface area contributed by atoms with Crippen LogP contribution in [-0.4, -0.2) is 24.0 Å². The van der Waals surface area contributed by atoms with E-state index in [0.717, 1.165) is 5.01 Å². The predicted molar refractivity (Wildman–Crippen MR) is 61.4 cm³/mol. The lowest BCUT2D eigenvalue weighted by Gasteiger charge is -2.25. The van der Waals surface area contributed by atoms with Crippen LogP contribution in [0.2, 0.25) is 0 Å². The average molecular weight is 225 g/mol. The second-order valence-corrected chi connectivity index (χ2v) is 3.30. The average Bonchev–Trinajstić information content (AvgIpc) is 2.30. The number of hydrogen-bond acceptors (Lipinski definition) is 2. The number of nitrogens with zero attached hydrogens (tertiary/aromatic N) is 2. The first kappa shape index (κ1) is 12.4. The first-order valence-corrected chi connectivity index (χ1v) is 5.19. The van der Waals surface area contributed by atoms with Crippen LogP contribution in [0.15, 0.2) is 24.3 Å². The van der Waals surface area contributed by atoms with Crippen molar-refractivity contribution in [3.63, 3.8) is 0 Å². The Hall–Kier alpha value is -1.62. The van der Waals surface area contributed by atoms with Gasteiger partial charge >= 0.3 is 6.03 Å². The van der Waals surface area contributed by atoms with Gasteiger partial charge in [-0.25, -0.2) is 20.0 Å². The summed E-state index contributed by atoms with van der Waals surface area (Å²) in [6, 6.07) is 5.18. The van der Waals surface area contributed by atoms with E-state index in [1.807, 2.05) is 13.8 Å². The van der Waals surface area contributed by atoms with Crippen molar-refractivity contribution < 1.29 is 9.18 Å². The van der Waals surface area contributed by atoms with Crippen LogP contribution in [0, 0.1) is 5.82 Å². The standard InChI is InChI=1S/C11H16FN3O/c1-3-14(4-2)11(16)15(13)10-7-5-9(12)6-8-10/h5-8H,3-4,13H2,1-2H3. The smallest absolute Gasteiger partial charge is 0.324 e. The minimum absolute atomic E-state index is 0.295. The zero-order valence-corrected chi connectivity index (χ0v) is 9.48. The number of carbonyl (C=O) groups is 1. The Kier molecular flexibility index (Phi) is 4.25. The van der Waals surface area contributed by atoms with Crippen molar-refractivity contribution >= 4 is 11.7 Å². The largest absolute Gasteiger partial charge is 0.338 e. The maximum atomic E-state index is 12.7. The zero-order chi connectivity index (χ0) is 12.1. The molecule has 1 aromatic carbocycles. The summed E-state index contributed by atoms with van der Waals surface area (Å²) in [7, 11) is 0. The molecular weight excluding hydrogens is 209 g/mol. The van der Waals surface area contributed by atoms with Gasteiger partial charge in [-0.3, -0.25) is 0 Å². The molecule has 88 valence electrons. The van der Waals surface area contributed by atoms with Crippen LogP contribution in [0.1, 0.15) is 13.8 Å². The number of urea groups is 1. The van der Waals surface area contributed by atoms with Gasteiger partial charge in [0.15, 0.2) is 0 Å². The van der Waals surface area contributed by atoms with E-state index in [4.69, 9.17) is 5.84 Å². The molecule has 0 saturated carbocycles. The molecular formula is C11H16FN3O. The molecule has 0 bridgehead atoms. The van der Waals surface area contributed by atoms with Gasteiger partial charge in [-0.05, 0) is 38.1 Å². The molecule has 0 spiro atoms. The lowest BCUT2D eigenvalue weighted by Crippen LogP contribution is -2.47. The molecule has 5 heteroatoms. The van der Waals surface area contributed by atoms with Crippen molar-refractivity contribution in [2.24, 2.45) is 5.84 Å². The minimum Gasteiger partial charge on any atom is -0.324 e. The van der Waals surface area contributed by atoms with E-state index in [0.29, 0.717) is 18.8 Å². The number of amides is 2. The SMILES string of the molecule is CCN(CC)C(=O)N(N)c1ccc(F)cc1. The second-order valence-electron chi connectivity index (χ2n) is 3.30. The van der Waals surface area contributed by atoms with Crippen LogP contribution >= 0.6 is 0 Å². The van der Waals surface area contributed by atoms with E-state index in [2.05, 4.69) is 0 Å². The minimum atomic E-state index is -0.354. The summed E-state index contributed by atoms with van der Waals surface area (Å²) < 4.78 is 12.7. The molecule has 0 heterocycles. The van der Waals surface area contributed by atoms with Gasteiger partial charge in [0.05, 0.1) is 5.69 Å². The Bertz CT molecular complexity index is 349. The highest BCUT2D eigenvalue weighted by atomic mass is 19.1. The molecule has 0 radical (unpaired) electrons. The molecule has 1 rings (SSSR count). The van der Waals surface area contributed by atoms with Crippen LogP contribution in [0.4, 0.5) is 14.9 Å². The van der Waals surface area contributed by atoms with Gasteiger partial charge in [0.1, 0.15) is 5.82 Å². The van der Waals surface area contributed by atoms with Crippen molar-refractivity contribution in [2.75, 3.05) is 18.1 Å². The van der Waals surface area contributed by atoms with E-state index in [9.17, 15) is 9.18 Å². The highest BCUT2D eigenvalue weighted by molar-refractivity contribution is 5.90. The fourth-order valence-corrected chi connectivity index (χ4v) is 1.36. The Morgan fingerprint density at radius 1 is 1.25 bits per heavy atom. The van der Waals surface area contributed by atoms with Gasteiger partial charge in [-0.1, -0.05) is 0 Å². The Morgan fingerprint density at radius 3 is 2.19 bits per heavy atom. The van der Waals surface area contributed by atoms with E-state index < -0.39 is 0 Å². The van der Waals surface area contributed by atoms with Crippen LogP contribution in [0.5, 0.6) is 0 Å². The third-order valence-electron chi connectivity index (χ3n) is 2.34. The Morgan fingerprint density at radius 2 is 1.75 bits per heavy atom. The number of carbonyl (C=O) groups excluding carboxylic acids is 1. The summed E-state index contributed by atoms with van der Waals surface area (Å²) in [5.41, 5.74) is 0.471. The number of hydrogen-bond donors (Lipinski definition) is 1. The van der Waals surface area contributed by atoms with Gasteiger partial charge in [0.2, 0.25) is 0 Å². The summed E-state index contributed by atoms with van der Waals surface area (Å²) >= 11 is 0. The molecule has 0 saturated heterocycles. The first-order chi connectivity index (χ1) is 7.60. The number of nitrogens with two attached hydrogens (primary N) is 1. The van der Waals surface area contributed by atoms with Gasteiger partial charge in [0.25, 0.3) is 0 Å². The van der Waals surface area contributed by atoms with Crippen LogP contribution in [0.3, 0.4) is 0 Å². The number of anilines is 1. The van der Waals surface area contributed by atoms with Gasteiger partial charge in [-0.15, -0.1) is 0 Å². The summed E-state index contributed by atoms with van der Waals surface area (Å²) in [6.07, 6.45) is 0. The van der Waals surface area contributed by atoms with Crippen LogP contribution < -0.4 is 10.9 Å². The van der Waals surface area contributed by atoms with Crippen molar-refractivity contribution in [3.8, 4) is 0 Å². The highest BCUT2D eigenvalue weighted by Crippen LogP contribution is 2.13. The lowest BCUT2D eigenvalue weighted by atomic mass is 10.3. The van der Waals surface area contributed by atoms with E-state index in [1.54, 1.807) is 4.90 Å². The van der Waals surface area contributed by atoms with Gasteiger partial charge < -0.3 is 4.90 Å². The molecule has 0 aliphatic rings. The molecule has 2 amide bonds. The van der Waals surface area contributed by atoms with Gasteiger partial charge in [0, 0.05) is 13.1 Å². The third kappa shape index (κ3) is 2.70. The Balaban J connectivity index is 2.81. The van der Waals surface area contributed by atoms with Crippen molar-refractivity contribution in [1.82, 2.24) is 4.90 Å². The normalized spacial score (nSPS) is 10.0. The molecule has 0 aromatic heterocycles. The topological polar surface area (TPSA) is 49.6 Å². The summed E-state index contributed by atoms with van der Waals surface area (Å²) in [5.74, 6) is 5.31. The summed E-state index contributed by atoms with van der Waals surface area (Å²) in [6.45, 7) is 4.92. The highest BCUT2D eigenvalue weighted by Gasteiger charge is 2.16. The van der Waals surface area contributed by atoms with Crippen molar-refractivity contribution in [3.05, 3.63) is 30.1 Å². The molecule has 4 nitrogen and oxygen atoms in total. The number of benzene rings is 1. The summed E-state index contributed by atoms with van der Waals surface area (Å²) in [5, 5.41) is 1.02. The number of rotatable bonds is 3. The maximum Gasteiger partial charge on any atom is 0.338 e. The van der Waals surface area contributed by atoms with Crippen molar-refractivity contribution in [1.29, 1.82) is 0 Å². The van der Waals surface area contributed by atoms with E-state index in [1.165, 1.54) is 24.3 Å². The zero-order valence-electron chi connectivity index (χ0n) is 9.48. The lowest BCUT2D eigenvalue weighted by molar-refractivity contribution is 0.210. The fourth-order valence-electron chi connectivity index (χ4n) is 1.36. The number of halogens is 1. The monoisotopic (exact) mass is 225 g/mol. The van der Waals surface area contributed by atoms with Crippen molar-refractivity contribution in [2.45, 2.75) is 13.8 Å². The summed E-state index contributed by atoms with van der Waals surface area (Å²) in [4.78, 5) is 13.4. The third-order valence-corrected chi connectivity index (χ3v) is 2.34. The molecule has 16 heavy (non-hydrogen) atoms. The maximum absolute atomic E-state index is 12.7. The predicted octanol–water partition coefficient (Wildman–Crippen LogP) is 1.97. The van der Waals surface area contributed by atoms with E-state index >= 15 is 0 Å². The molecule has 0 atom stereocenters. The van der Waals surface area contributed by atoms with Gasteiger partial charge in [-0.2, -0.15) is 0 Å². The molecule has 0 aliphatic heterocycles. The molecule has 0 fully saturated rings. The van der Waals surface area contributed by atoms with E-state index in [-0.39, 0.29) is 11.8 Å². The quantitative estimate of drug-likeness (QED) is 0.485. The molecule has 1 aromatic rings. The number of hydrazine groups is 1. The molecule has 0 aliphatic carbocycles. The fraction of sp³-hybridized carbons (Fsp3) is 0.364. The Labute approximate surface area is 94.4 Å². The van der Waals surface area contributed by atoms with Crippen LogP contribution in [-0.2, 0) is 0 Å². The first-order valence-electron chi connectivity index (χ1n) is 5.19. The second kappa shape index (κ2) is 5.46. The van der Waals surface area contributed by atoms with Crippen LogP contribution in [0.25, 0.3) is 0 Å².